The van der Waals surface area contributed by atoms with Crippen LogP contribution in [0, 0.1) is 0 Å². The molecule has 2 aliphatic rings. The molecule has 29 heavy (non-hydrogen) atoms. The molecule has 3 heterocycles. The lowest BCUT2D eigenvalue weighted by molar-refractivity contribution is 0.173. The number of hydrogen-bond acceptors (Lipinski definition) is 7. The quantitative estimate of drug-likeness (QED) is 0.618. The van der Waals surface area contributed by atoms with Crippen molar-refractivity contribution in [3.63, 3.8) is 0 Å². The summed E-state index contributed by atoms with van der Waals surface area (Å²) >= 11 is 1.49. The predicted molar refractivity (Wildman–Crippen MR) is 111 cm³/mol. The van der Waals surface area contributed by atoms with Crippen LogP contribution in [-0.4, -0.2) is 32.3 Å². The van der Waals surface area contributed by atoms with Gasteiger partial charge in [0.05, 0.1) is 5.69 Å². The molecule has 0 spiro atoms. The molecule has 8 heteroatoms. The van der Waals surface area contributed by atoms with E-state index >= 15 is 0 Å². The first-order valence-electron chi connectivity index (χ1n) is 10.2. The molecule has 1 aliphatic carbocycles. The van der Waals surface area contributed by atoms with Crippen LogP contribution in [0.5, 0.6) is 11.5 Å². The number of nitrogens with zero attached hydrogens (tertiary/aromatic N) is 4. The van der Waals surface area contributed by atoms with E-state index in [1.54, 1.807) is 6.07 Å². The van der Waals surface area contributed by atoms with E-state index in [1.807, 2.05) is 13.0 Å². The molecule has 0 unspecified atom stereocenters. The van der Waals surface area contributed by atoms with Crippen molar-refractivity contribution < 1.29 is 9.47 Å². The zero-order valence-corrected chi connectivity index (χ0v) is 17.3. The minimum absolute atomic E-state index is 0.101. The molecule has 152 valence electrons. The number of ether oxygens (including phenoxy) is 2. The standard InChI is InChI=1S/C21H24N4O3S/c1-2-19-23-25-20(26)10-15(22-21(25)29-19)12-24(16-5-3-4-6-16)11-14-7-8-17-18(9-14)28-13-27-17/h7-10,16H,2-6,11-13H2,1H3. The number of benzene rings is 1. The second kappa shape index (κ2) is 7.76. The Balaban J connectivity index is 1.43. The van der Waals surface area contributed by atoms with Gasteiger partial charge in [0.2, 0.25) is 11.8 Å². The molecule has 0 radical (unpaired) electrons. The molecular weight excluding hydrogens is 388 g/mol. The first-order chi connectivity index (χ1) is 14.2. The fourth-order valence-electron chi connectivity index (χ4n) is 4.19. The molecule has 1 fully saturated rings. The van der Waals surface area contributed by atoms with Crippen molar-refractivity contribution in [1.29, 1.82) is 0 Å². The minimum Gasteiger partial charge on any atom is -0.454 e. The molecule has 5 rings (SSSR count). The van der Waals surface area contributed by atoms with E-state index in [1.165, 1.54) is 47.1 Å². The molecule has 0 atom stereocenters. The highest BCUT2D eigenvalue weighted by molar-refractivity contribution is 7.16. The molecule has 0 bridgehead atoms. The molecular formula is C21H24N4O3S. The van der Waals surface area contributed by atoms with Gasteiger partial charge in [-0.15, -0.1) is 0 Å². The molecule has 7 nitrogen and oxygen atoms in total. The number of fused-ring (bicyclic) bond motifs is 2. The summed E-state index contributed by atoms with van der Waals surface area (Å²) in [5.41, 5.74) is 1.90. The summed E-state index contributed by atoms with van der Waals surface area (Å²) in [7, 11) is 0. The van der Waals surface area contributed by atoms with Crippen LogP contribution in [0.4, 0.5) is 0 Å². The maximum atomic E-state index is 12.5. The van der Waals surface area contributed by atoms with Gasteiger partial charge in [-0.2, -0.15) is 9.61 Å². The van der Waals surface area contributed by atoms with Crippen LogP contribution in [0.1, 0.15) is 48.9 Å². The highest BCUT2D eigenvalue weighted by atomic mass is 32.1. The summed E-state index contributed by atoms with van der Waals surface area (Å²) in [5, 5.41) is 5.28. The van der Waals surface area contributed by atoms with Gasteiger partial charge in [-0.1, -0.05) is 37.2 Å². The summed E-state index contributed by atoms with van der Waals surface area (Å²) in [6.45, 7) is 3.78. The summed E-state index contributed by atoms with van der Waals surface area (Å²) in [6.07, 6.45) is 5.69. The molecule has 0 N–H and O–H groups in total. The van der Waals surface area contributed by atoms with Crippen LogP contribution in [0.2, 0.25) is 0 Å². The molecule has 1 saturated carbocycles. The van der Waals surface area contributed by atoms with E-state index in [4.69, 9.17) is 14.5 Å². The Hall–Kier alpha value is -2.45. The second-order valence-electron chi connectivity index (χ2n) is 7.66. The minimum atomic E-state index is -0.101. The summed E-state index contributed by atoms with van der Waals surface area (Å²) < 4.78 is 12.4. The zero-order chi connectivity index (χ0) is 19.8. The van der Waals surface area contributed by atoms with Crippen LogP contribution < -0.4 is 15.0 Å². The van der Waals surface area contributed by atoms with Gasteiger partial charge in [0.1, 0.15) is 5.01 Å². The lowest BCUT2D eigenvalue weighted by Crippen LogP contribution is -2.33. The van der Waals surface area contributed by atoms with Gasteiger partial charge in [-0.05, 0) is 37.0 Å². The van der Waals surface area contributed by atoms with E-state index in [0.717, 1.165) is 35.2 Å². The fraction of sp³-hybridized carbons (Fsp3) is 0.476. The van der Waals surface area contributed by atoms with Crippen molar-refractivity contribution in [2.45, 2.75) is 58.2 Å². The van der Waals surface area contributed by atoms with Gasteiger partial charge in [0.25, 0.3) is 5.56 Å². The number of aryl methyl sites for hydroxylation is 1. The lowest BCUT2D eigenvalue weighted by Gasteiger charge is -2.28. The largest absolute Gasteiger partial charge is 0.454 e. The summed E-state index contributed by atoms with van der Waals surface area (Å²) in [6, 6.07) is 8.27. The number of aromatic nitrogens is 3. The maximum absolute atomic E-state index is 12.5. The van der Waals surface area contributed by atoms with E-state index in [2.05, 4.69) is 22.1 Å². The maximum Gasteiger partial charge on any atom is 0.275 e. The second-order valence-corrected chi connectivity index (χ2v) is 8.70. The van der Waals surface area contributed by atoms with Gasteiger partial charge in [0, 0.05) is 25.2 Å². The van der Waals surface area contributed by atoms with Crippen molar-refractivity contribution in [2.24, 2.45) is 0 Å². The monoisotopic (exact) mass is 412 g/mol. The predicted octanol–water partition coefficient (Wildman–Crippen LogP) is 3.39. The number of hydrogen-bond donors (Lipinski definition) is 0. The Labute approximate surface area is 172 Å². The van der Waals surface area contributed by atoms with Crippen LogP contribution in [0.25, 0.3) is 4.96 Å². The third kappa shape index (κ3) is 3.74. The smallest absolute Gasteiger partial charge is 0.275 e. The van der Waals surface area contributed by atoms with E-state index < -0.39 is 0 Å². The fourth-order valence-corrected chi connectivity index (χ4v) is 5.04. The van der Waals surface area contributed by atoms with Gasteiger partial charge in [-0.3, -0.25) is 9.69 Å². The van der Waals surface area contributed by atoms with Crippen molar-refractivity contribution in [3.05, 3.63) is 50.9 Å². The highest BCUT2D eigenvalue weighted by Crippen LogP contribution is 2.34. The van der Waals surface area contributed by atoms with Crippen molar-refractivity contribution in [1.82, 2.24) is 19.5 Å². The van der Waals surface area contributed by atoms with E-state index in [9.17, 15) is 4.79 Å². The molecule has 1 aromatic carbocycles. The van der Waals surface area contributed by atoms with Gasteiger partial charge in [0.15, 0.2) is 11.5 Å². The zero-order valence-electron chi connectivity index (χ0n) is 16.5. The molecule has 0 amide bonds. The Kier molecular flexibility index (Phi) is 4.97. The Morgan fingerprint density at radius 1 is 1.17 bits per heavy atom. The highest BCUT2D eigenvalue weighted by Gasteiger charge is 2.24. The van der Waals surface area contributed by atoms with Crippen LogP contribution in [-0.2, 0) is 19.5 Å². The molecule has 0 saturated heterocycles. The Morgan fingerprint density at radius 3 is 2.83 bits per heavy atom. The van der Waals surface area contributed by atoms with Gasteiger partial charge >= 0.3 is 0 Å². The molecule has 3 aromatic rings. The van der Waals surface area contributed by atoms with Crippen LogP contribution in [0.3, 0.4) is 0 Å². The number of rotatable bonds is 6. The Morgan fingerprint density at radius 2 is 2.00 bits per heavy atom. The van der Waals surface area contributed by atoms with Crippen molar-refractivity contribution in [2.75, 3.05) is 6.79 Å². The summed E-state index contributed by atoms with van der Waals surface area (Å²) in [5.74, 6) is 1.61. The van der Waals surface area contributed by atoms with Crippen LogP contribution in [0.15, 0.2) is 29.1 Å². The third-order valence-electron chi connectivity index (χ3n) is 5.67. The topological polar surface area (TPSA) is 69.0 Å². The average molecular weight is 413 g/mol. The third-order valence-corrected chi connectivity index (χ3v) is 6.72. The van der Waals surface area contributed by atoms with E-state index in [-0.39, 0.29) is 12.4 Å². The van der Waals surface area contributed by atoms with E-state index in [0.29, 0.717) is 17.5 Å². The molecule has 2 aromatic heterocycles. The average Bonchev–Trinajstić information content (AvgIpc) is 3.47. The summed E-state index contributed by atoms with van der Waals surface area (Å²) in [4.78, 5) is 20.4. The normalized spacial score (nSPS) is 16.3. The van der Waals surface area contributed by atoms with Crippen LogP contribution >= 0.6 is 11.3 Å². The molecule has 1 aliphatic heterocycles. The van der Waals surface area contributed by atoms with Crippen molar-refractivity contribution >= 4 is 16.3 Å². The first kappa shape index (κ1) is 18.6. The SMILES string of the molecule is CCc1nn2c(=O)cc(CN(Cc3ccc4c(c3)OCO4)C3CCCC3)nc2s1. The lowest BCUT2D eigenvalue weighted by atomic mass is 10.1. The van der Waals surface area contributed by atoms with Crippen molar-refractivity contribution in [3.8, 4) is 11.5 Å². The first-order valence-corrected chi connectivity index (χ1v) is 11.0. The van der Waals surface area contributed by atoms with Gasteiger partial charge < -0.3 is 9.47 Å². The Bertz CT molecular complexity index is 1090. The van der Waals surface area contributed by atoms with Gasteiger partial charge in [-0.25, -0.2) is 4.98 Å².